The zero-order valence-electron chi connectivity index (χ0n) is 11.0. The highest BCUT2D eigenvalue weighted by molar-refractivity contribution is 7.89. The average molecular weight is 298 g/mol. The molecule has 1 aromatic carbocycles. The number of sulfonamides is 1. The van der Waals surface area contributed by atoms with Crippen molar-refractivity contribution in [2.75, 3.05) is 13.1 Å². The van der Waals surface area contributed by atoms with E-state index in [-0.39, 0.29) is 24.6 Å². The number of hydrogen-bond acceptors (Lipinski definition) is 4. The second kappa shape index (κ2) is 5.80. The summed E-state index contributed by atoms with van der Waals surface area (Å²) in [5, 5.41) is 13.8. The minimum absolute atomic E-state index is 0.108. The first-order chi connectivity index (χ1) is 9.36. The quantitative estimate of drug-likeness (QED) is 0.833. The van der Waals surface area contributed by atoms with Crippen LogP contribution in [0.1, 0.15) is 18.4 Å². The number of benzene rings is 1. The summed E-state index contributed by atoms with van der Waals surface area (Å²) in [6.45, 7) is 0.695. The number of piperidine rings is 1. The second-order valence-electron chi connectivity index (χ2n) is 5.04. The number of primary sulfonamides is 1. The number of hydrogen-bond donors (Lipinski definition) is 2. The van der Waals surface area contributed by atoms with Crippen LogP contribution in [0.15, 0.2) is 24.3 Å². The Bertz CT molecular complexity index is 600. The lowest BCUT2D eigenvalue weighted by atomic mass is 10.1. The molecule has 2 rings (SSSR count). The Hall–Kier alpha value is -1.60. The van der Waals surface area contributed by atoms with Crippen LogP contribution in [-0.4, -0.2) is 42.7 Å². The van der Waals surface area contributed by atoms with Gasteiger partial charge in [-0.25, -0.2) is 13.6 Å². The predicted octanol–water partition coefficient (Wildman–Crippen LogP) is 0.214. The van der Waals surface area contributed by atoms with Crippen LogP contribution < -0.4 is 5.14 Å². The molecule has 1 aromatic rings. The van der Waals surface area contributed by atoms with Gasteiger partial charge in [-0.2, -0.15) is 0 Å². The summed E-state index contributed by atoms with van der Waals surface area (Å²) in [4.78, 5) is 13.7. The van der Waals surface area contributed by atoms with Crippen molar-refractivity contribution in [1.29, 1.82) is 0 Å². The molecule has 0 aliphatic carbocycles. The van der Waals surface area contributed by atoms with Gasteiger partial charge in [-0.05, 0) is 30.5 Å². The fourth-order valence-corrected chi connectivity index (χ4v) is 3.27. The van der Waals surface area contributed by atoms with Crippen LogP contribution in [0, 0.1) is 0 Å². The van der Waals surface area contributed by atoms with Crippen molar-refractivity contribution in [3.05, 3.63) is 29.8 Å². The van der Waals surface area contributed by atoms with Crippen molar-refractivity contribution < 1.29 is 18.3 Å². The Morgan fingerprint density at radius 2 is 2.20 bits per heavy atom. The topological polar surface area (TPSA) is 101 Å². The fraction of sp³-hybridized carbons (Fsp3) is 0.462. The molecule has 1 aliphatic rings. The summed E-state index contributed by atoms with van der Waals surface area (Å²) in [6.07, 6.45) is 1.27. The van der Waals surface area contributed by atoms with E-state index in [4.69, 9.17) is 5.14 Å². The number of nitrogens with two attached hydrogens (primary N) is 1. The van der Waals surface area contributed by atoms with Crippen molar-refractivity contribution in [2.45, 2.75) is 24.5 Å². The molecule has 1 fully saturated rings. The van der Waals surface area contributed by atoms with Crippen molar-refractivity contribution in [3.63, 3.8) is 0 Å². The molecule has 1 unspecified atom stereocenters. The van der Waals surface area contributed by atoms with Crippen LogP contribution in [0.3, 0.4) is 0 Å². The molecule has 1 amide bonds. The van der Waals surface area contributed by atoms with E-state index in [9.17, 15) is 18.3 Å². The van der Waals surface area contributed by atoms with Gasteiger partial charge in [-0.15, -0.1) is 0 Å². The highest BCUT2D eigenvalue weighted by Crippen LogP contribution is 2.17. The van der Waals surface area contributed by atoms with Gasteiger partial charge in [0.05, 0.1) is 11.7 Å². The molecule has 0 saturated carbocycles. The fourth-order valence-electron chi connectivity index (χ4n) is 2.39. The third-order valence-electron chi connectivity index (χ3n) is 3.46. The highest BCUT2D eigenvalue weighted by Gasteiger charge is 2.30. The summed E-state index contributed by atoms with van der Waals surface area (Å²) in [5.74, 6) is -0.0414. The lowest BCUT2D eigenvalue weighted by Gasteiger charge is -2.31. The van der Waals surface area contributed by atoms with Gasteiger partial charge in [0.15, 0.2) is 0 Å². The maximum atomic E-state index is 12.2. The normalized spacial score (nSPS) is 19.9. The maximum absolute atomic E-state index is 12.2. The van der Waals surface area contributed by atoms with E-state index in [2.05, 4.69) is 0 Å². The van der Waals surface area contributed by atoms with Crippen LogP contribution >= 0.6 is 0 Å². The SMILES string of the molecule is NS(=O)(=O)C1CCCN(C(=O)Cc2cccc(O)c2)C1. The van der Waals surface area contributed by atoms with Crippen LogP contribution in [-0.2, 0) is 21.2 Å². The first-order valence-electron chi connectivity index (χ1n) is 6.43. The van der Waals surface area contributed by atoms with Crippen molar-refractivity contribution >= 4 is 15.9 Å². The average Bonchev–Trinajstić information content (AvgIpc) is 2.38. The van der Waals surface area contributed by atoms with Gasteiger partial charge in [0.25, 0.3) is 0 Å². The smallest absolute Gasteiger partial charge is 0.227 e. The van der Waals surface area contributed by atoms with Crippen LogP contribution in [0.5, 0.6) is 5.75 Å². The lowest BCUT2D eigenvalue weighted by molar-refractivity contribution is -0.131. The van der Waals surface area contributed by atoms with Gasteiger partial charge in [-0.3, -0.25) is 4.79 Å². The van der Waals surface area contributed by atoms with E-state index in [0.29, 0.717) is 24.9 Å². The number of likely N-dealkylation sites (tertiary alicyclic amines) is 1. The molecule has 0 bridgehead atoms. The summed E-state index contributed by atoms with van der Waals surface area (Å²) in [7, 11) is -3.61. The van der Waals surface area contributed by atoms with Crippen molar-refractivity contribution in [3.8, 4) is 5.75 Å². The number of phenolic OH excluding ortho intramolecular Hbond substituents is 1. The number of rotatable bonds is 3. The zero-order valence-corrected chi connectivity index (χ0v) is 11.8. The van der Waals surface area contributed by atoms with E-state index in [1.165, 1.54) is 17.0 Å². The molecule has 6 nitrogen and oxygen atoms in total. The highest BCUT2D eigenvalue weighted by atomic mass is 32.2. The van der Waals surface area contributed by atoms with Gasteiger partial charge in [0.1, 0.15) is 5.75 Å². The molecule has 3 N–H and O–H groups in total. The minimum Gasteiger partial charge on any atom is -0.508 e. The molecule has 1 saturated heterocycles. The number of aromatic hydroxyl groups is 1. The summed E-state index contributed by atoms with van der Waals surface area (Å²) >= 11 is 0. The lowest BCUT2D eigenvalue weighted by Crippen LogP contribution is -2.47. The van der Waals surface area contributed by atoms with E-state index in [1.54, 1.807) is 12.1 Å². The Kier molecular flexibility index (Phi) is 4.29. The Morgan fingerprint density at radius 3 is 2.85 bits per heavy atom. The van der Waals surface area contributed by atoms with E-state index < -0.39 is 15.3 Å². The Balaban J connectivity index is 2.02. The number of nitrogens with zero attached hydrogens (tertiary/aromatic N) is 1. The van der Waals surface area contributed by atoms with Crippen molar-refractivity contribution in [1.82, 2.24) is 4.90 Å². The molecule has 7 heteroatoms. The number of phenols is 1. The molecule has 110 valence electrons. The van der Waals surface area contributed by atoms with Crippen LogP contribution in [0.25, 0.3) is 0 Å². The van der Waals surface area contributed by atoms with E-state index in [1.807, 2.05) is 0 Å². The number of carbonyl (C=O) groups is 1. The largest absolute Gasteiger partial charge is 0.508 e. The first kappa shape index (κ1) is 14.8. The zero-order chi connectivity index (χ0) is 14.8. The predicted molar refractivity (Wildman–Crippen MR) is 74.5 cm³/mol. The van der Waals surface area contributed by atoms with Gasteiger partial charge in [0, 0.05) is 13.1 Å². The number of carbonyl (C=O) groups excluding carboxylic acids is 1. The summed E-state index contributed by atoms with van der Waals surface area (Å²) < 4.78 is 22.7. The van der Waals surface area contributed by atoms with Gasteiger partial charge in [-0.1, -0.05) is 12.1 Å². The van der Waals surface area contributed by atoms with Crippen LogP contribution in [0.4, 0.5) is 0 Å². The monoisotopic (exact) mass is 298 g/mol. The first-order valence-corrected chi connectivity index (χ1v) is 8.04. The van der Waals surface area contributed by atoms with Crippen molar-refractivity contribution in [2.24, 2.45) is 5.14 Å². The molecule has 0 spiro atoms. The third-order valence-corrected chi connectivity index (χ3v) is 4.78. The van der Waals surface area contributed by atoms with E-state index >= 15 is 0 Å². The molecule has 20 heavy (non-hydrogen) atoms. The molecular weight excluding hydrogens is 280 g/mol. The Morgan fingerprint density at radius 1 is 1.45 bits per heavy atom. The molecule has 1 aliphatic heterocycles. The maximum Gasteiger partial charge on any atom is 0.227 e. The molecule has 1 atom stereocenters. The van der Waals surface area contributed by atoms with Gasteiger partial charge in [0.2, 0.25) is 15.9 Å². The van der Waals surface area contributed by atoms with Gasteiger partial charge < -0.3 is 10.0 Å². The molecule has 0 aromatic heterocycles. The minimum atomic E-state index is -3.61. The summed E-state index contributed by atoms with van der Waals surface area (Å²) in [5.41, 5.74) is 0.702. The Labute approximate surface area is 118 Å². The molecule has 0 radical (unpaired) electrons. The third kappa shape index (κ3) is 3.71. The summed E-state index contributed by atoms with van der Waals surface area (Å²) in [6, 6.07) is 6.48. The number of amides is 1. The van der Waals surface area contributed by atoms with E-state index in [0.717, 1.165) is 0 Å². The van der Waals surface area contributed by atoms with Gasteiger partial charge >= 0.3 is 0 Å². The second-order valence-corrected chi connectivity index (χ2v) is 6.88. The molecule has 1 heterocycles. The molecular formula is C13H18N2O4S. The standard InChI is InChI=1S/C13H18N2O4S/c14-20(18,19)12-5-2-6-15(9-12)13(17)8-10-3-1-4-11(16)7-10/h1,3-4,7,12,16H,2,5-6,8-9H2,(H2,14,18,19). The van der Waals surface area contributed by atoms with Crippen LogP contribution in [0.2, 0.25) is 0 Å².